The molecule has 0 aromatic heterocycles. The lowest BCUT2D eigenvalue weighted by molar-refractivity contribution is 0.0629. The molecule has 0 heterocycles. The van der Waals surface area contributed by atoms with Crippen molar-refractivity contribution in [2.75, 3.05) is 0 Å². The zero-order chi connectivity index (χ0) is 16.3. The zero-order valence-corrected chi connectivity index (χ0v) is 15.3. The molecule has 0 N–H and O–H groups in total. The van der Waals surface area contributed by atoms with Gasteiger partial charge < -0.3 is 4.74 Å². The summed E-state index contributed by atoms with van der Waals surface area (Å²) in [5.41, 5.74) is 0. The van der Waals surface area contributed by atoms with Crippen LogP contribution in [-0.2, 0) is 4.74 Å². The van der Waals surface area contributed by atoms with Gasteiger partial charge in [-0.2, -0.15) is 0 Å². The Balaban J connectivity index is 1.59. The molecule has 0 bridgehead atoms. The highest BCUT2D eigenvalue weighted by Gasteiger charge is 2.30. The highest BCUT2D eigenvalue weighted by molar-refractivity contribution is 4.84. The third-order valence-corrected chi connectivity index (χ3v) is 6.15. The summed E-state index contributed by atoms with van der Waals surface area (Å²) in [6.45, 7) is 6.10. The van der Waals surface area contributed by atoms with Crippen molar-refractivity contribution in [3.8, 4) is 0 Å². The molecule has 1 heteroatoms. The molecule has 132 valence electrons. The Morgan fingerprint density at radius 1 is 0.913 bits per heavy atom. The van der Waals surface area contributed by atoms with Crippen LogP contribution in [0.3, 0.4) is 0 Å². The van der Waals surface area contributed by atoms with Crippen molar-refractivity contribution in [2.24, 2.45) is 17.8 Å². The number of rotatable bonds is 9. The van der Waals surface area contributed by atoms with Crippen molar-refractivity contribution in [1.29, 1.82) is 0 Å². The van der Waals surface area contributed by atoms with Crippen LogP contribution < -0.4 is 0 Å². The summed E-state index contributed by atoms with van der Waals surface area (Å²) < 4.78 is 5.94. The Morgan fingerprint density at radius 3 is 2.17 bits per heavy atom. The lowest BCUT2D eigenvalue weighted by atomic mass is 9.70. The maximum atomic E-state index is 5.94. The molecule has 0 aromatic carbocycles. The van der Waals surface area contributed by atoms with E-state index in [0.717, 1.165) is 17.8 Å². The molecule has 2 saturated carbocycles. The topological polar surface area (TPSA) is 9.23 Å². The first-order chi connectivity index (χ1) is 11.3. The minimum absolute atomic E-state index is 0.494. The number of unbranched alkanes of at least 4 members (excludes halogenated alkanes) is 2. The summed E-state index contributed by atoms with van der Waals surface area (Å²) in [5.74, 6) is 2.98. The third kappa shape index (κ3) is 6.73. The van der Waals surface area contributed by atoms with E-state index in [1.165, 1.54) is 83.5 Å². The normalized spacial score (nSPS) is 32.0. The van der Waals surface area contributed by atoms with Crippen molar-refractivity contribution < 1.29 is 4.74 Å². The van der Waals surface area contributed by atoms with Gasteiger partial charge in [0.2, 0.25) is 0 Å². The maximum Gasteiger partial charge on any atom is 0.0978 e. The monoisotopic (exact) mass is 318 g/mol. The van der Waals surface area contributed by atoms with E-state index in [0.29, 0.717) is 6.10 Å². The van der Waals surface area contributed by atoms with Crippen molar-refractivity contribution in [1.82, 2.24) is 0 Å². The number of hydrogen-bond donors (Lipinski definition) is 0. The predicted molar refractivity (Wildman–Crippen MR) is 100 cm³/mol. The Labute approximate surface area is 144 Å². The molecule has 0 aliphatic heterocycles. The second-order valence-corrected chi connectivity index (χ2v) is 7.83. The van der Waals surface area contributed by atoms with Crippen molar-refractivity contribution in [2.45, 2.75) is 96.5 Å². The first-order valence-corrected chi connectivity index (χ1v) is 10.2. The highest BCUT2D eigenvalue weighted by Crippen LogP contribution is 2.41. The van der Waals surface area contributed by atoms with Gasteiger partial charge in [0.1, 0.15) is 0 Å². The first-order valence-electron chi connectivity index (χ1n) is 10.2. The van der Waals surface area contributed by atoms with Crippen molar-refractivity contribution >= 4 is 0 Å². The van der Waals surface area contributed by atoms with Crippen LogP contribution in [0.15, 0.2) is 25.0 Å². The van der Waals surface area contributed by atoms with Crippen molar-refractivity contribution in [3.63, 3.8) is 0 Å². The second-order valence-electron chi connectivity index (χ2n) is 7.83. The fourth-order valence-electron chi connectivity index (χ4n) is 4.55. The largest absolute Gasteiger partial charge is 0.498 e. The number of ether oxygens (including phenoxy) is 1. The number of allylic oxidation sites excluding steroid dienone is 2. The summed E-state index contributed by atoms with van der Waals surface area (Å²) in [6, 6.07) is 0. The van der Waals surface area contributed by atoms with E-state index in [2.05, 4.69) is 25.7 Å². The first kappa shape index (κ1) is 18.6. The molecule has 0 spiro atoms. The maximum absolute atomic E-state index is 5.94. The second kappa shape index (κ2) is 10.9. The lowest BCUT2D eigenvalue weighted by Gasteiger charge is -2.37. The van der Waals surface area contributed by atoms with E-state index in [1.54, 1.807) is 0 Å². The van der Waals surface area contributed by atoms with E-state index >= 15 is 0 Å². The Hall–Kier alpha value is -0.720. The third-order valence-electron chi connectivity index (χ3n) is 6.15. The van der Waals surface area contributed by atoms with Crippen LogP contribution in [0, 0.1) is 17.8 Å². The van der Waals surface area contributed by atoms with Gasteiger partial charge in [0, 0.05) is 0 Å². The Kier molecular flexibility index (Phi) is 8.86. The fourth-order valence-corrected chi connectivity index (χ4v) is 4.55. The molecule has 0 radical (unpaired) electrons. The van der Waals surface area contributed by atoms with Gasteiger partial charge in [0.05, 0.1) is 12.4 Å². The molecule has 2 rings (SSSR count). The smallest absolute Gasteiger partial charge is 0.0978 e. The highest BCUT2D eigenvalue weighted by atomic mass is 16.5. The van der Waals surface area contributed by atoms with E-state index in [4.69, 9.17) is 4.74 Å². The summed E-state index contributed by atoms with van der Waals surface area (Å²) in [7, 11) is 0. The summed E-state index contributed by atoms with van der Waals surface area (Å²) in [6.07, 6.45) is 24.3. The lowest BCUT2D eigenvalue weighted by Crippen LogP contribution is -2.28. The minimum atomic E-state index is 0.494. The van der Waals surface area contributed by atoms with Gasteiger partial charge in [-0.15, -0.1) is 6.58 Å². The fraction of sp³-hybridized carbons (Fsp3) is 0.818. The van der Waals surface area contributed by atoms with E-state index in [1.807, 2.05) is 6.26 Å². The molecule has 0 aromatic rings. The average Bonchev–Trinajstić information content (AvgIpc) is 2.61. The van der Waals surface area contributed by atoms with Gasteiger partial charge in [-0.25, -0.2) is 0 Å². The van der Waals surface area contributed by atoms with Crippen LogP contribution in [0.4, 0.5) is 0 Å². The van der Waals surface area contributed by atoms with E-state index in [-0.39, 0.29) is 0 Å². The Bertz CT molecular complexity index is 330. The molecule has 23 heavy (non-hydrogen) atoms. The number of hydrogen-bond acceptors (Lipinski definition) is 1. The van der Waals surface area contributed by atoms with Gasteiger partial charge in [-0.05, 0) is 88.0 Å². The molecule has 0 unspecified atom stereocenters. The van der Waals surface area contributed by atoms with Gasteiger partial charge in [-0.1, -0.05) is 32.3 Å². The van der Waals surface area contributed by atoms with Crippen LogP contribution in [0.2, 0.25) is 0 Å². The molecule has 1 nitrogen and oxygen atoms in total. The quantitative estimate of drug-likeness (QED) is 0.252. The molecule has 0 atom stereocenters. The molecule has 0 amide bonds. The standard InChI is InChI=1S/C22H38O/c1-3-5-7-8-18-23-22-16-14-21(15-17-22)20-12-10-19(11-13-20)9-6-4-2/h4,8,18-22H,2-3,5-7,9-17H2,1H3. The molecule has 2 aliphatic carbocycles. The van der Waals surface area contributed by atoms with Crippen molar-refractivity contribution in [3.05, 3.63) is 25.0 Å². The van der Waals surface area contributed by atoms with Gasteiger partial charge in [0.15, 0.2) is 0 Å². The van der Waals surface area contributed by atoms with Crippen LogP contribution >= 0.6 is 0 Å². The van der Waals surface area contributed by atoms with Crippen LogP contribution in [0.1, 0.15) is 90.4 Å². The molecule has 0 saturated heterocycles. The summed E-state index contributed by atoms with van der Waals surface area (Å²) in [4.78, 5) is 0. The van der Waals surface area contributed by atoms with Crippen LogP contribution in [0.25, 0.3) is 0 Å². The van der Waals surface area contributed by atoms with Gasteiger partial charge in [0.25, 0.3) is 0 Å². The van der Waals surface area contributed by atoms with E-state index < -0.39 is 0 Å². The molecular formula is C22H38O. The average molecular weight is 319 g/mol. The SMILES string of the molecule is C=CCCC1CCC(C2CCC(OC=CCCCC)CC2)CC1. The van der Waals surface area contributed by atoms with Gasteiger partial charge >= 0.3 is 0 Å². The minimum Gasteiger partial charge on any atom is -0.498 e. The van der Waals surface area contributed by atoms with Crippen LogP contribution in [-0.4, -0.2) is 6.10 Å². The summed E-state index contributed by atoms with van der Waals surface area (Å²) in [5, 5.41) is 0. The van der Waals surface area contributed by atoms with Gasteiger partial charge in [-0.3, -0.25) is 0 Å². The summed E-state index contributed by atoms with van der Waals surface area (Å²) >= 11 is 0. The van der Waals surface area contributed by atoms with E-state index in [9.17, 15) is 0 Å². The molecule has 2 fully saturated rings. The molecular weight excluding hydrogens is 280 g/mol. The van der Waals surface area contributed by atoms with Crippen LogP contribution in [0.5, 0.6) is 0 Å². The zero-order valence-electron chi connectivity index (χ0n) is 15.3. The Morgan fingerprint density at radius 2 is 1.57 bits per heavy atom. The predicted octanol–water partition coefficient (Wildman–Crippen LogP) is 7.04. The molecule has 2 aliphatic rings.